The number of aliphatic hydroxyl groups excluding tert-OH is 1. The second-order valence-corrected chi connectivity index (χ2v) is 14.2. The van der Waals surface area contributed by atoms with E-state index in [2.05, 4.69) is 20.1 Å². The van der Waals surface area contributed by atoms with Crippen molar-refractivity contribution in [2.75, 3.05) is 36.0 Å². The summed E-state index contributed by atoms with van der Waals surface area (Å²) < 4.78 is -1.21. The molecule has 3 fully saturated rings. The van der Waals surface area contributed by atoms with E-state index in [0.29, 0.717) is 38.9 Å². The molecule has 3 saturated heterocycles. The highest BCUT2D eigenvalue weighted by Gasteiger charge is 2.77. The standard InChI is InChI=1S/C35H43N3O4S/c1-6-19-36(26-13-9-8-10-14-26)31(40)28-29-32(41)38(21-11-12-22-39)30(35(29)18-17-34(28,5)43-35)33(42)37(20-7-2)27-23-24(3)15-16-25(27)4/h6-10,13-16,23,28-30,39H,1-2,11-12,17-22H2,3-5H3/t28-,29-,30?,34+,35?/m0/s1. The molecule has 228 valence electrons. The maximum absolute atomic E-state index is 14.9. The minimum Gasteiger partial charge on any atom is -0.396 e. The van der Waals surface area contributed by atoms with Gasteiger partial charge in [-0.3, -0.25) is 14.4 Å². The molecule has 5 atom stereocenters. The zero-order valence-electron chi connectivity index (χ0n) is 25.5. The summed E-state index contributed by atoms with van der Waals surface area (Å²) in [6, 6.07) is 14.8. The van der Waals surface area contributed by atoms with Gasteiger partial charge in [0.15, 0.2) is 0 Å². The number of carbonyl (C=O) groups is 3. The third-order valence-corrected chi connectivity index (χ3v) is 11.4. The molecule has 1 N–H and O–H groups in total. The molecule has 3 heterocycles. The van der Waals surface area contributed by atoms with Crippen LogP contribution in [0, 0.1) is 25.7 Å². The number of para-hydroxylation sites is 1. The minimum atomic E-state index is -0.726. The molecule has 8 heteroatoms. The summed E-state index contributed by atoms with van der Waals surface area (Å²) in [5.41, 5.74) is 3.59. The van der Waals surface area contributed by atoms with Gasteiger partial charge < -0.3 is 19.8 Å². The van der Waals surface area contributed by atoms with E-state index in [-0.39, 0.29) is 24.3 Å². The molecule has 2 bridgehead atoms. The minimum absolute atomic E-state index is 0.0157. The number of likely N-dealkylation sites (tertiary alicyclic amines) is 1. The lowest BCUT2D eigenvalue weighted by Gasteiger charge is -2.38. The third kappa shape index (κ3) is 5.22. The van der Waals surface area contributed by atoms with Gasteiger partial charge in [0.05, 0.1) is 16.6 Å². The van der Waals surface area contributed by atoms with Crippen molar-refractivity contribution < 1.29 is 19.5 Å². The maximum atomic E-state index is 14.9. The van der Waals surface area contributed by atoms with Crippen molar-refractivity contribution >= 4 is 40.9 Å². The van der Waals surface area contributed by atoms with Gasteiger partial charge in [0.25, 0.3) is 5.91 Å². The zero-order valence-corrected chi connectivity index (χ0v) is 26.3. The van der Waals surface area contributed by atoms with Crippen LogP contribution in [0.15, 0.2) is 73.8 Å². The van der Waals surface area contributed by atoms with Crippen LogP contribution in [0.25, 0.3) is 0 Å². The van der Waals surface area contributed by atoms with E-state index in [0.717, 1.165) is 28.9 Å². The largest absolute Gasteiger partial charge is 0.396 e. The molecule has 0 aromatic heterocycles. The number of unbranched alkanes of at least 4 members (excludes halogenated alkanes) is 1. The Bertz CT molecular complexity index is 1410. The van der Waals surface area contributed by atoms with Gasteiger partial charge in [-0.25, -0.2) is 0 Å². The van der Waals surface area contributed by atoms with Gasteiger partial charge >= 0.3 is 0 Å². The van der Waals surface area contributed by atoms with Gasteiger partial charge in [-0.05, 0) is 75.8 Å². The number of hydrogen-bond donors (Lipinski definition) is 1. The molecule has 3 amide bonds. The predicted molar refractivity (Wildman–Crippen MR) is 174 cm³/mol. The summed E-state index contributed by atoms with van der Waals surface area (Å²) in [5.74, 6) is -1.56. The number of rotatable bonds is 12. The molecule has 3 aliphatic heterocycles. The molecule has 2 aromatic carbocycles. The van der Waals surface area contributed by atoms with Crippen molar-refractivity contribution in [1.82, 2.24) is 4.90 Å². The molecule has 0 aliphatic carbocycles. The topological polar surface area (TPSA) is 81.2 Å². The highest BCUT2D eigenvalue weighted by Crippen LogP contribution is 2.71. The number of aliphatic hydroxyl groups is 1. The van der Waals surface area contributed by atoms with Crippen LogP contribution in [-0.2, 0) is 14.4 Å². The fourth-order valence-electron chi connectivity index (χ4n) is 7.54. The Kier molecular flexibility index (Phi) is 8.91. The molecule has 3 aliphatic rings. The predicted octanol–water partition coefficient (Wildman–Crippen LogP) is 5.30. The molecule has 7 nitrogen and oxygen atoms in total. The molecular weight excluding hydrogens is 558 g/mol. The highest BCUT2D eigenvalue weighted by atomic mass is 32.2. The molecule has 0 radical (unpaired) electrons. The van der Waals surface area contributed by atoms with E-state index in [9.17, 15) is 19.5 Å². The third-order valence-electron chi connectivity index (χ3n) is 9.46. The summed E-state index contributed by atoms with van der Waals surface area (Å²) in [7, 11) is 0. The quantitative estimate of drug-likeness (QED) is 0.264. The second-order valence-electron chi connectivity index (χ2n) is 12.3. The average Bonchev–Trinajstić information content (AvgIpc) is 3.56. The zero-order chi connectivity index (χ0) is 30.9. The van der Waals surface area contributed by atoms with Crippen LogP contribution in [0.2, 0.25) is 0 Å². The van der Waals surface area contributed by atoms with Crippen LogP contribution in [-0.4, -0.2) is 69.5 Å². The van der Waals surface area contributed by atoms with Crippen molar-refractivity contribution in [2.45, 2.75) is 62.0 Å². The summed E-state index contributed by atoms with van der Waals surface area (Å²) >= 11 is 1.68. The number of nitrogens with zero attached hydrogens (tertiary/aromatic N) is 3. The van der Waals surface area contributed by atoms with E-state index in [1.54, 1.807) is 38.6 Å². The number of anilines is 2. The Labute approximate surface area is 259 Å². The Morgan fingerprint density at radius 2 is 1.72 bits per heavy atom. The lowest BCUT2D eigenvalue weighted by Crippen LogP contribution is -2.55. The Hall–Kier alpha value is -3.36. The van der Waals surface area contributed by atoms with E-state index in [1.165, 1.54) is 0 Å². The Morgan fingerprint density at radius 3 is 2.40 bits per heavy atom. The summed E-state index contributed by atoms with van der Waals surface area (Å²) in [4.78, 5) is 49.2. The average molecular weight is 602 g/mol. The molecule has 0 saturated carbocycles. The summed E-state index contributed by atoms with van der Waals surface area (Å²) in [6.07, 6.45) is 5.97. The lowest BCUT2D eigenvalue weighted by molar-refractivity contribution is -0.139. The first-order valence-corrected chi connectivity index (χ1v) is 16.0. The van der Waals surface area contributed by atoms with Gasteiger partial charge in [-0.1, -0.05) is 42.5 Å². The van der Waals surface area contributed by atoms with Crippen LogP contribution in [0.4, 0.5) is 11.4 Å². The molecule has 1 spiro atoms. The van der Waals surface area contributed by atoms with Crippen molar-refractivity contribution in [1.29, 1.82) is 0 Å². The van der Waals surface area contributed by atoms with Gasteiger partial charge in [0, 0.05) is 42.4 Å². The van der Waals surface area contributed by atoms with Gasteiger partial charge in [-0.2, -0.15) is 0 Å². The van der Waals surface area contributed by atoms with Crippen LogP contribution in [0.5, 0.6) is 0 Å². The first kappa shape index (κ1) is 31.1. The lowest BCUT2D eigenvalue weighted by atomic mass is 9.66. The molecular formula is C35H43N3O4S. The van der Waals surface area contributed by atoms with Crippen LogP contribution in [0.1, 0.15) is 43.7 Å². The number of hydrogen-bond acceptors (Lipinski definition) is 5. The van der Waals surface area contributed by atoms with E-state index in [1.807, 2.05) is 62.4 Å². The van der Waals surface area contributed by atoms with Crippen molar-refractivity contribution in [3.05, 3.63) is 85.0 Å². The number of amides is 3. The van der Waals surface area contributed by atoms with Gasteiger partial charge in [0.1, 0.15) is 6.04 Å². The van der Waals surface area contributed by atoms with Crippen LogP contribution >= 0.6 is 11.8 Å². The molecule has 2 unspecified atom stereocenters. The fourth-order valence-corrected chi connectivity index (χ4v) is 9.88. The highest BCUT2D eigenvalue weighted by molar-refractivity contribution is 8.02. The first-order chi connectivity index (χ1) is 20.6. The number of thioether (sulfide) groups is 1. The van der Waals surface area contributed by atoms with Crippen LogP contribution in [0.3, 0.4) is 0 Å². The first-order valence-electron chi connectivity index (χ1n) is 15.2. The Balaban J connectivity index is 1.60. The summed E-state index contributed by atoms with van der Waals surface area (Å²) in [6.45, 7) is 14.9. The van der Waals surface area contributed by atoms with E-state index < -0.39 is 27.4 Å². The SMILES string of the molecule is C=CCN(C(=O)[C@@H]1[C@H]2C(=O)N(CCCCO)C(C(=O)N(CC=C)c3cc(C)ccc3C)C23CC[C@@]1(C)S3)c1ccccc1. The monoisotopic (exact) mass is 601 g/mol. The smallest absolute Gasteiger partial charge is 0.251 e. The number of fused-ring (bicyclic) bond motifs is 1. The number of carbonyl (C=O) groups excluding carboxylic acids is 3. The second kappa shape index (κ2) is 12.3. The molecule has 5 rings (SSSR count). The van der Waals surface area contributed by atoms with Crippen molar-refractivity contribution in [2.24, 2.45) is 11.8 Å². The maximum Gasteiger partial charge on any atom is 0.251 e. The fraction of sp³-hybridized carbons (Fsp3) is 0.457. The Morgan fingerprint density at radius 1 is 1.02 bits per heavy atom. The van der Waals surface area contributed by atoms with E-state index >= 15 is 0 Å². The number of aryl methyl sites for hydroxylation is 2. The molecule has 2 aromatic rings. The van der Waals surface area contributed by atoms with Gasteiger partial charge in [-0.15, -0.1) is 24.9 Å². The van der Waals surface area contributed by atoms with Crippen molar-refractivity contribution in [3.8, 4) is 0 Å². The molecule has 43 heavy (non-hydrogen) atoms. The van der Waals surface area contributed by atoms with Crippen LogP contribution < -0.4 is 9.80 Å². The van der Waals surface area contributed by atoms with Gasteiger partial charge in [0.2, 0.25) is 11.8 Å². The normalized spacial score (nSPS) is 27.2. The van der Waals surface area contributed by atoms with Crippen molar-refractivity contribution in [3.63, 3.8) is 0 Å². The number of benzene rings is 2. The van der Waals surface area contributed by atoms with E-state index in [4.69, 9.17) is 0 Å². The summed E-state index contributed by atoms with van der Waals surface area (Å²) in [5, 5.41) is 9.53.